The third-order valence-electron chi connectivity index (χ3n) is 12.0. The number of carboxylic acid groups (broad SMARTS) is 1. The molecule has 0 N–H and O–H groups in total. The van der Waals surface area contributed by atoms with Gasteiger partial charge in [0.2, 0.25) is 0 Å². The van der Waals surface area contributed by atoms with Crippen LogP contribution in [0.25, 0.3) is 0 Å². The Bertz CT molecular complexity index is 627. The molecule has 318 valence electrons. The third kappa shape index (κ3) is 51.1. The maximum absolute atomic E-state index is 11.0. The molecule has 0 bridgehead atoms. The molecular weight excluding hydrogens is 686 g/mol. The fourth-order valence-corrected chi connectivity index (χ4v) is 8.32. The predicted octanol–water partition coefficient (Wildman–Crippen LogP) is 13.2. The van der Waals surface area contributed by atoms with Gasteiger partial charge in [-0.3, -0.25) is 0 Å². The Labute approximate surface area is 384 Å². The summed E-state index contributed by atoms with van der Waals surface area (Å²) in [5, 5.41) is 11.0. The van der Waals surface area contributed by atoms with Crippen LogP contribution < -0.4 is 56.5 Å². The van der Waals surface area contributed by atoms with Crippen molar-refractivity contribution in [3.8, 4) is 0 Å². The molecule has 0 saturated carbocycles. The van der Waals surface area contributed by atoms with E-state index in [1.807, 2.05) is 0 Å². The van der Waals surface area contributed by atoms with Gasteiger partial charge in [-0.1, -0.05) is 271 Å². The Hall–Kier alpha value is 1.07. The van der Waals surface area contributed by atoms with E-state index in [2.05, 4.69) is 18.7 Å². The zero-order chi connectivity index (χ0) is 38.4. The maximum Gasteiger partial charge on any atom is 1.00 e. The number of rotatable bonds is 48. The molecule has 0 heterocycles. The smallest absolute Gasteiger partial charge is 0.550 e. The molecule has 0 amide bonds. The van der Waals surface area contributed by atoms with Crippen molar-refractivity contribution in [3.05, 3.63) is 0 Å². The minimum Gasteiger partial charge on any atom is -0.550 e. The van der Waals surface area contributed by atoms with E-state index >= 15 is 0 Å². The average molecular weight is 786 g/mol. The van der Waals surface area contributed by atoms with Crippen molar-refractivity contribution in [2.45, 2.75) is 296 Å². The minimum atomic E-state index is -0.895. The van der Waals surface area contributed by atoms with Gasteiger partial charge in [0, 0.05) is 5.97 Å². The fourth-order valence-electron chi connectivity index (χ4n) is 8.32. The van der Waals surface area contributed by atoms with Crippen LogP contribution in [0.15, 0.2) is 0 Å². The number of hydrogen-bond acceptors (Lipinski definition) is 3. The molecule has 0 aromatic heterocycles. The molecule has 3 nitrogen and oxygen atoms in total. The second-order valence-electron chi connectivity index (χ2n) is 17.5. The van der Waals surface area contributed by atoms with E-state index in [-0.39, 0.29) is 57.8 Å². The molecule has 0 aliphatic carbocycles. The molecule has 0 aromatic rings. The summed E-state index contributed by atoms with van der Waals surface area (Å²) in [5.41, 5.74) is 0. The molecule has 0 spiro atoms. The van der Waals surface area contributed by atoms with Crippen LogP contribution in [0, 0.1) is 0 Å². The molecule has 0 radical (unpaired) electrons. The number of aliphatic carboxylic acids is 1. The second-order valence-corrected chi connectivity index (χ2v) is 17.5. The number of carbonyl (C=O) groups is 1. The molecule has 0 saturated heterocycles. The van der Waals surface area contributed by atoms with Gasteiger partial charge in [0.05, 0.1) is 0 Å². The second kappa shape index (κ2) is 52.1. The van der Waals surface area contributed by atoms with E-state index in [1.54, 1.807) is 0 Å². The zero-order valence-electron chi connectivity index (χ0n) is 38.0. The average Bonchev–Trinajstić information content (AvgIpc) is 3.15. The SMILES string of the molecule is CCCCCCCCCCCCCCCCCCCCCCCN(CCCCCCCCCCCCCCCCCCCCCCC)CCCC(=O)[O-].[K+]. The summed E-state index contributed by atoms with van der Waals surface area (Å²) in [5.74, 6) is -0.895. The van der Waals surface area contributed by atoms with Crippen molar-refractivity contribution < 1.29 is 61.3 Å². The molecule has 54 heavy (non-hydrogen) atoms. The summed E-state index contributed by atoms with van der Waals surface area (Å²) >= 11 is 0. The number of carboxylic acids is 1. The normalized spacial score (nSPS) is 11.5. The summed E-state index contributed by atoms with van der Waals surface area (Å²) in [4.78, 5) is 13.5. The number of hydrogen-bond donors (Lipinski definition) is 0. The van der Waals surface area contributed by atoms with E-state index in [4.69, 9.17) is 0 Å². The zero-order valence-corrected chi connectivity index (χ0v) is 41.1. The summed E-state index contributed by atoms with van der Waals surface area (Å²) in [6.07, 6.45) is 60.8. The molecular formula is C50H100KNO2. The van der Waals surface area contributed by atoms with Gasteiger partial charge in [-0.25, -0.2) is 0 Å². The summed E-state index contributed by atoms with van der Waals surface area (Å²) < 4.78 is 0. The number of carbonyl (C=O) groups excluding carboxylic acids is 1. The van der Waals surface area contributed by atoms with Crippen LogP contribution >= 0.6 is 0 Å². The molecule has 0 aliphatic heterocycles. The number of nitrogens with zero attached hydrogens (tertiary/aromatic N) is 1. The van der Waals surface area contributed by atoms with Gasteiger partial charge < -0.3 is 14.8 Å². The van der Waals surface area contributed by atoms with Crippen LogP contribution in [0.3, 0.4) is 0 Å². The molecule has 4 heteroatoms. The molecule has 0 aliphatic rings. The van der Waals surface area contributed by atoms with Crippen molar-refractivity contribution >= 4 is 5.97 Å². The van der Waals surface area contributed by atoms with E-state index in [9.17, 15) is 9.90 Å². The van der Waals surface area contributed by atoms with Crippen molar-refractivity contribution in [3.63, 3.8) is 0 Å². The van der Waals surface area contributed by atoms with Crippen LogP contribution in [0.5, 0.6) is 0 Å². The largest absolute Gasteiger partial charge is 1.00 e. The van der Waals surface area contributed by atoms with Crippen molar-refractivity contribution in [1.29, 1.82) is 0 Å². The first-order valence-electron chi connectivity index (χ1n) is 25.1. The Kier molecular flexibility index (Phi) is 55.1. The Morgan fingerprint density at radius 3 is 0.648 bits per heavy atom. The van der Waals surface area contributed by atoms with Crippen LogP contribution in [-0.4, -0.2) is 30.5 Å². The monoisotopic (exact) mass is 786 g/mol. The van der Waals surface area contributed by atoms with Crippen LogP contribution in [0.1, 0.15) is 296 Å². The van der Waals surface area contributed by atoms with Gasteiger partial charge in [0.15, 0.2) is 0 Å². The Morgan fingerprint density at radius 1 is 0.296 bits per heavy atom. The molecule has 0 aromatic carbocycles. The summed E-state index contributed by atoms with van der Waals surface area (Å²) in [6.45, 7) is 7.81. The van der Waals surface area contributed by atoms with E-state index < -0.39 is 5.97 Å². The fraction of sp³-hybridized carbons (Fsp3) is 0.980. The Morgan fingerprint density at radius 2 is 0.463 bits per heavy atom. The van der Waals surface area contributed by atoms with E-state index in [0.717, 1.165) is 26.1 Å². The molecule has 0 unspecified atom stereocenters. The maximum atomic E-state index is 11.0. The van der Waals surface area contributed by atoms with Crippen molar-refractivity contribution in [1.82, 2.24) is 4.90 Å². The van der Waals surface area contributed by atoms with Gasteiger partial charge in [0.25, 0.3) is 0 Å². The predicted molar refractivity (Wildman–Crippen MR) is 236 cm³/mol. The quantitative estimate of drug-likeness (QED) is 0.0456. The third-order valence-corrected chi connectivity index (χ3v) is 12.0. The van der Waals surface area contributed by atoms with Gasteiger partial charge >= 0.3 is 51.4 Å². The van der Waals surface area contributed by atoms with Gasteiger partial charge in [0.1, 0.15) is 0 Å². The van der Waals surface area contributed by atoms with E-state index in [0.29, 0.717) is 0 Å². The first-order chi connectivity index (χ1) is 26.2. The first kappa shape index (κ1) is 57.2. The Balaban J connectivity index is 0. The van der Waals surface area contributed by atoms with Gasteiger partial charge in [-0.15, -0.1) is 0 Å². The minimum absolute atomic E-state index is 0. The van der Waals surface area contributed by atoms with Crippen molar-refractivity contribution in [2.75, 3.05) is 19.6 Å². The van der Waals surface area contributed by atoms with Crippen LogP contribution in [0.2, 0.25) is 0 Å². The van der Waals surface area contributed by atoms with Gasteiger partial charge in [-0.2, -0.15) is 0 Å². The summed E-state index contributed by atoms with van der Waals surface area (Å²) in [6, 6.07) is 0. The molecule has 0 rings (SSSR count). The van der Waals surface area contributed by atoms with Crippen LogP contribution in [-0.2, 0) is 4.79 Å². The van der Waals surface area contributed by atoms with Gasteiger partial charge in [-0.05, 0) is 45.3 Å². The first-order valence-corrected chi connectivity index (χ1v) is 25.1. The topological polar surface area (TPSA) is 43.4 Å². The van der Waals surface area contributed by atoms with Crippen molar-refractivity contribution in [2.24, 2.45) is 0 Å². The number of unbranched alkanes of at least 4 members (excludes halogenated alkanes) is 40. The summed E-state index contributed by atoms with van der Waals surface area (Å²) in [7, 11) is 0. The van der Waals surface area contributed by atoms with Crippen LogP contribution in [0.4, 0.5) is 0 Å². The standard InChI is InChI=1S/C50H101NO2.K/c1-3-5-7-9-11-13-15-17-19-21-23-25-27-29-31-33-35-37-39-41-43-47-51(49-45-46-50(52)53)48-44-42-40-38-36-34-32-30-28-26-24-22-20-18-16-14-12-10-8-6-4-2;/h3-49H2,1-2H3,(H,52,53);/q;+1/p-1. The molecule has 0 fully saturated rings. The van der Waals surface area contributed by atoms with E-state index in [1.165, 1.54) is 270 Å². The molecule has 0 atom stereocenters.